The molecular formula is C22H22N2O2. The van der Waals surface area contributed by atoms with Gasteiger partial charge in [0.25, 0.3) is 5.91 Å². The highest BCUT2D eigenvalue weighted by Gasteiger charge is 2.39. The van der Waals surface area contributed by atoms with Gasteiger partial charge in [0.2, 0.25) is 0 Å². The number of amides is 1. The van der Waals surface area contributed by atoms with Gasteiger partial charge in [-0.3, -0.25) is 4.79 Å². The van der Waals surface area contributed by atoms with Gasteiger partial charge < -0.3 is 10.1 Å². The molecule has 1 N–H and O–H groups in total. The second-order valence-corrected chi connectivity index (χ2v) is 7.39. The number of fused-ring (bicyclic) bond motifs is 1. The highest BCUT2D eigenvalue weighted by atomic mass is 16.5. The number of nitrogens with zero attached hydrogens (tertiary/aromatic N) is 1. The largest absolute Gasteiger partial charge is 0.489 e. The second kappa shape index (κ2) is 6.49. The predicted molar refractivity (Wildman–Crippen MR) is 99.1 cm³/mol. The van der Waals surface area contributed by atoms with Crippen LogP contribution in [0.3, 0.4) is 0 Å². The first-order valence-electron chi connectivity index (χ1n) is 9.17. The molecule has 26 heavy (non-hydrogen) atoms. The van der Waals surface area contributed by atoms with Crippen molar-refractivity contribution >= 4 is 5.91 Å². The predicted octanol–water partition coefficient (Wildman–Crippen LogP) is 3.72. The number of ether oxygens (including phenoxy) is 1. The van der Waals surface area contributed by atoms with Crippen LogP contribution in [0.4, 0.5) is 0 Å². The molecule has 2 aliphatic rings. The van der Waals surface area contributed by atoms with Crippen molar-refractivity contribution < 1.29 is 9.53 Å². The van der Waals surface area contributed by atoms with Crippen LogP contribution >= 0.6 is 0 Å². The third-order valence-electron chi connectivity index (χ3n) is 5.46. The summed E-state index contributed by atoms with van der Waals surface area (Å²) in [5.41, 5.74) is 2.83. The molecule has 2 aromatic carbocycles. The van der Waals surface area contributed by atoms with Crippen molar-refractivity contribution in [1.82, 2.24) is 5.32 Å². The number of benzene rings is 2. The summed E-state index contributed by atoms with van der Waals surface area (Å²) in [5.74, 6) is 0.413. The number of aryl methyl sites for hydroxylation is 1. The van der Waals surface area contributed by atoms with Crippen molar-refractivity contribution in [1.29, 1.82) is 5.26 Å². The van der Waals surface area contributed by atoms with Crippen LogP contribution in [-0.2, 0) is 12.8 Å². The van der Waals surface area contributed by atoms with E-state index in [1.165, 1.54) is 6.42 Å². The zero-order chi connectivity index (χ0) is 18.1. The minimum absolute atomic E-state index is 0.198. The fourth-order valence-electron chi connectivity index (χ4n) is 3.74. The monoisotopic (exact) mass is 346 g/mol. The SMILES string of the molecule is Cc1cccc(C(=O)NC2(C#N)Cc3ccccc3C2)c1OC1CCC1. The number of para-hydroxylation sites is 1. The van der Waals surface area contributed by atoms with E-state index in [1.807, 2.05) is 43.3 Å². The molecule has 0 aliphatic heterocycles. The number of hydrogen-bond acceptors (Lipinski definition) is 3. The maximum absolute atomic E-state index is 13.0. The van der Waals surface area contributed by atoms with E-state index in [-0.39, 0.29) is 12.0 Å². The van der Waals surface area contributed by atoms with Crippen LogP contribution in [-0.4, -0.2) is 17.6 Å². The molecule has 0 spiro atoms. The van der Waals surface area contributed by atoms with Gasteiger partial charge >= 0.3 is 0 Å². The van der Waals surface area contributed by atoms with Gasteiger partial charge in [-0.25, -0.2) is 0 Å². The molecule has 4 rings (SSSR count). The minimum atomic E-state index is -0.891. The molecule has 1 fully saturated rings. The van der Waals surface area contributed by atoms with Crippen molar-refractivity contribution in [3.05, 3.63) is 64.7 Å². The van der Waals surface area contributed by atoms with Gasteiger partial charge in [0.1, 0.15) is 11.3 Å². The van der Waals surface area contributed by atoms with Crippen LogP contribution in [0.25, 0.3) is 0 Å². The van der Waals surface area contributed by atoms with Gasteiger partial charge in [-0.15, -0.1) is 0 Å². The first-order valence-corrected chi connectivity index (χ1v) is 9.17. The van der Waals surface area contributed by atoms with E-state index in [4.69, 9.17) is 4.74 Å². The molecule has 4 heteroatoms. The fourth-order valence-corrected chi connectivity index (χ4v) is 3.74. The van der Waals surface area contributed by atoms with E-state index in [9.17, 15) is 10.1 Å². The van der Waals surface area contributed by atoms with E-state index in [2.05, 4.69) is 11.4 Å². The molecular weight excluding hydrogens is 324 g/mol. The molecule has 1 saturated carbocycles. The third kappa shape index (κ3) is 2.94. The van der Waals surface area contributed by atoms with Crippen LogP contribution < -0.4 is 10.1 Å². The van der Waals surface area contributed by atoms with Gasteiger partial charge in [0.15, 0.2) is 0 Å². The smallest absolute Gasteiger partial charge is 0.256 e. The Morgan fingerprint density at radius 3 is 2.42 bits per heavy atom. The minimum Gasteiger partial charge on any atom is -0.489 e. The Morgan fingerprint density at radius 2 is 1.85 bits per heavy atom. The molecule has 0 atom stereocenters. The summed E-state index contributed by atoms with van der Waals surface area (Å²) < 4.78 is 6.08. The van der Waals surface area contributed by atoms with Crippen LogP contribution in [0.5, 0.6) is 5.75 Å². The number of nitriles is 1. The lowest BCUT2D eigenvalue weighted by Gasteiger charge is -2.29. The van der Waals surface area contributed by atoms with E-state index >= 15 is 0 Å². The van der Waals surface area contributed by atoms with Crippen LogP contribution in [0.1, 0.15) is 46.3 Å². The second-order valence-electron chi connectivity index (χ2n) is 7.39. The first kappa shape index (κ1) is 16.7. The van der Waals surface area contributed by atoms with Gasteiger partial charge in [0.05, 0.1) is 17.7 Å². The topological polar surface area (TPSA) is 62.1 Å². The number of carbonyl (C=O) groups excluding carboxylic acids is 1. The Kier molecular flexibility index (Phi) is 4.16. The summed E-state index contributed by atoms with van der Waals surface area (Å²) in [4.78, 5) is 13.0. The number of carbonyl (C=O) groups is 1. The van der Waals surface area contributed by atoms with Gasteiger partial charge in [-0.05, 0) is 48.9 Å². The molecule has 1 amide bonds. The normalized spacial score (nSPS) is 17.7. The summed E-state index contributed by atoms with van der Waals surface area (Å²) in [6.07, 6.45) is 4.52. The number of hydrogen-bond donors (Lipinski definition) is 1. The molecule has 4 nitrogen and oxygen atoms in total. The lowest BCUT2D eigenvalue weighted by atomic mass is 9.95. The molecule has 0 bridgehead atoms. The van der Waals surface area contributed by atoms with Crippen molar-refractivity contribution in [3.8, 4) is 11.8 Å². The van der Waals surface area contributed by atoms with Gasteiger partial charge in [-0.1, -0.05) is 36.4 Å². The number of nitrogens with one attached hydrogen (secondary N) is 1. The Morgan fingerprint density at radius 1 is 1.15 bits per heavy atom. The van der Waals surface area contributed by atoms with E-state index in [1.54, 1.807) is 6.07 Å². The lowest BCUT2D eigenvalue weighted by Crippen LogP contribution is -2.48. The van der Waals surface area contributed by atoms with Crippen LogP contribution in [0.2, 0.25) is 0 Å². The Labute approximate surface area is 153 Å². The molecule has 2 aliphatic carbocycles. The number of rotatable bonds is 4. The maximum Gasteiger partial charge on any atom is 0.256 e. The van der Waals surface area contributed by atoms with Gasteiger partial charge in [-0.2, -0.15) is 5.26 Å². The molecule has 0 radical (unpaired) electrons. The average Bonchev–Trinajstić information content (AvgIpc) is 2.97. The average molecular weight is 346 g/mol. The van der Waals surface area contributed by atoms with Crippen LogP contribution in [0.15, 0.2) is 42.5 Å². The van der Waals surface area contributed by atoms with E-state index in [0.29, 0.717) is 24.2 Å². The fraction of sp³-hybridized carbons (Fsp3) is 0.364. The highest BCUT2D eigenvalue weighted by Crippen LogP contribution is 2.33. The summed E-state index contributed by atoms with van der Waals surface area (Å²) >= 11 is 0. The molecule has 0 saturated heterocycles. The Balaban J connectivity index is 1.59. The molecule has 2 aromatic rings. The van der Waals surface area contributed by atoms with Crippen LogP contribution in [0, 0.1) is 18.3 Å². The summed E-state index contributed by atoms with van der Waals surface area (Å²) in [7, 11) is 0. The zero-order valence-electron chi connectivity index (χ0n) is 14.9. The Bertz CT molecular complexity index is 868. The summed E-state index contributed by atoms with van der Waals surface area (Å²) in [5, 5.41) is 12.8. The standard InChI is InChI=1S/C22H22N2O2/c1-15-6-4-11-19(20(15)26-18-9-5-10-18)21(25)24-22(14-23)12-16-7-2-3-8-17(16)13-22/h2-4,6-8,11,18H,5,9-10,12-13H2,1H3,(H,24,25). The summed E-state index contributed by atoms with van der Waals surface area (Å²) in [6, 6.07) is 15.9. The first-order chi connectivity index (χ1) is 12.6. The lowest BCUT2D eigenvalue weighted by molar-refractivity contribution is 0.0897. The van der Waals surface area contributed by atoms with Gasteiger partial charge in [0, 0.05) is 12.8 Å². The molecule has 0 unspecified atom stereocenters. The third-order valence-corrected chi connectivity index (χ3v) is 5.46. The van der Waals surface area contributed by atoms with Crippen molar-refractivity contribution in [2.24, 2.45) is 0 Å². The molecule has 0 aromatic heterocycles. The summed E-state index contributed by atoms with van der Waals surface area (Å²) in [6.45, 7) is 1.95. The zero-order valence-corrected chi connectivity index (χ0v) is 14.9. The Hall–Kier alpha value is -2.80. The molecule has 0 heterocycles. The van der Waals surface area contributed by atoms with Crippen molar-refractivity contribution in [2.45, 2.75) is 50.7 Å². The van der Waals surface area contributed by atoms with E-state index < -0.39 is 5.54 Å². The van der Waals surface area contributed by atoms with Crippen molar-refractivity contribution in [2.75, 3.05) is 0 Å². The van der Waals surface area contributed by atoms with Crippen molar-refractivity contribution in [3.63, 3.8) is 0 Å². The quantitative estimate of drug-likeness (QED) is 0.918. The van der Waals surface area contributed by atoms with E-state index in [0.717, 1.165) is 29.5 Å². The maximum atomic E-state index is 13.0. The molecule has 132 valence electrons. The highest BCUT2D eigenvalue weighted by molar-refractivity contribution is 5.98.